The van der Waals surface area contributed by atoms with Crippen LogP contribution in [0.15, 0.2) is 48.5 Å². The minimum Gasteiger partial charge on any atom is -0.493 e. The van der Waals surface area contributed by atoms with Crippen LogP contribution in [0.2, 0.25) is 0 Å². The largest absolute Gasteiger partial charge is 0.493 e. The van der Waals surface area contributed by atoms with Crippen LogP contribution in [0.4, 0.5) is 14.9 Å². The second kappa shape index (κ2) is 6.39. The molecule has 4 amide bonds. The van der Waals surface area contributed by atoms with Gasteiger partial charge in [-0.3, -0.25) is 14.5 Å². The number of carbonyl (C=O) groups is 3. The first-order chi connectivity index (χ1) is 13.0. The smallest absolute Gasteiger partial charge is 0.325 e. The zero-order chi connectivity index (χ0) is 19.0. The van der Waals surface area contributed by atoms with Crippen molar-refractivity contribution >= 4 is 23.5 Å². The summed E-state index contributed by atoms with van der Waals surface area (Å²) in [6, 6.07) is 11.7. The number of hydrogen-bond acceptors (Lipinski definition) is 4. The molecule has 2 heterocycles. The van der Waals surface area contributed by atoms with Gasteiger partial charge in [-0.05, 0) is 24.3 Å². The van der Waals surface area contributed by atoms with E-state index in [2.05, 4.69) is 10.6 Å². The van der Waals surface area contributed by atoms with E-state index in [1.165, 1.54) is 18.2 Å². The fraction of sp³-hybridized carbons (Fsp3) is 0.211. The fourth-order valence-corrected chi connectivity index (χ4v) is 3.43. The van der Waals surface area contributed by atoms with Crippen molar-refractivity contribution in [2.45, 2.75) is 12.0 Å². The topological polar surface area (TPSA) is 87.7 Å². The number of urea groups is 1. The number of imide groups is 1. The van der Waals surface area contributed by atoms with Crippen LogP contribution in [0.3, 0.4) is 0 Å². The zero-order valence-corrected chi connectivity index (χ0v) is 14.2. The van der Waals surface area contributed by atoms with E-state index in [-0.39, 0.29) is 18.7 Å². The Bertz CT molecular complexity index is 948. The standard InChI is InChI=1S/C19H16FN3O4/c20-12-4-3-5-13(10-12)21-16(24)11-23-17(25)19(22-18(23)26)8-9-27-15-7-2-1-6-14(15)19/h1-7,10H,8-9,11H2,(H,21,24)(H,22,26)/t19-/m1/s1. The molecule has 2 aliphatic heterocycles. The molecule has 2 N–H and O–H groups in total. The van der Waals surface area contributed by atoms with E-state index in [4.69, 9.17) is 4.74 Å². The van der Waals surface area contributed by atoms with Gasteiger partial charge in [0.15, 0.2) is 5.54 Å². The first kappa shape index (κ1) is 17.0. The molecule has 1 saturated heterocycles. The molecule has 1 spiro atoms. The highest BCUT2D eigenvalue weighted by molar-refractivity contribution is 6.10. The van der Waals surface area contributed by atoms with Crippen LogP contribution in [0, 0.1) is 5.82 Å². The summed E-state index contributed by atoms with van der Waals surface area (Å²) in [6.07, 6.45) is 0.274. The lowest BCUT2D eigenvalue weighted by Crippen LogP contribution is -2.48. The third-order valence-electron chi connectivity index (χ3n) is 4.67. The van der Waals surface area contributed by atoms with Gasteiger partial charge in [0.05, 0.1) is 6.61 Å². The molecule has 4 rings (SSSR count). The van der Waals surface area contributed by atoms with Crippen LogP contribution in [0.1, 0.15) is 12.0 Å². The first-order valence-corrected chi connectivity index (χ1v) is 8.41. The van der Waals surface area contributed by atoms with E-state index >= 15 is 0 Å². The van der Waals surface area contributed by atoms with Gasteiger partial charge >= 0.3 is 6.03 Å². The zero-order valence-electron chi connectivity index (χ0n) is 14.2. The number of benzene rings is 2. The number of carbonyl (C=O) groups excluding carboxylic acids is 3. The Morgan fingerprint density at radius 3 is 2.85 bits per heavy atom. The molecule has 0 unspecified atom stereocenters. The highest BCUT2D eigenvalue weighted by Crippen LogP contribution is 2.40. The molecular weight excluding hydrogens is 353 g/mol. The van der Waals surface area contributed by atoms with Crippen LogP contribution in [0.5, 0.6) is 5.75 Å². The van der Waals surface area contributed by atoms with Crippen LogP contribution < -0.4 is 15.4 Å². The molecule has 0 radical (unpaired) electrons. The van der Waals surface area contributed by atoms with Crippen molar-refractivity contribution in [3.8, 4) is 5.75 Å². The molecule has 2 aromatic carbocycles. The van der Waals surface area contributed by atoms with Crippen LogP contribution >= 0.6 is 0 Å². The summed E-state index contributed by atoms with van der Waals surface area (Å²) in [7, 11) is 0. The maximum absolute atomic E-state index is 13.2. The molecule has 2 aliphatic rings. The quantitative estimate of drug-likeness (QED) is 0.810. The fourth-order valence-electron chi connectivity index (χ4n) is 3.43. The van der Waals surface area contributed by atoms with Crippen molar-refractivity contribution in [2.75, 3.05) is 18.5 Å². The highest BCUT2D eigenvalue weighted by atomic mass is 19.1. The van der Waals surface area contributed by atoms with Gasteiger partial charge < -0.3 is 15.4 Å². The summed E-state index contributed by atoms with van der Waals surface area (Å²) in [6.45, 7) is -0.196. The molecule has 1 fully saturated rings. The molecule has 0 aliphatic carbocycles. The maximum atomic E-state index is 13.2. The molecule has 2 aromatic rings. The van der Waals surface area contributed by atoms with Crippen molar-refractivity contribution in [1.29, 1.82) is 0 Å². The Balaban J connectivity index is 1.55. The van der Waals surface area contributed by atoms with Crippen LogP contribution in [-0.2, 0) is 15.1 Å². The normalized spacial score (nSPS) is 20.9. The summed E-state index contributed by atoms with van der Waals surface area (Å²) >= 11 is 0. The second-order valence-electron chi connectivity index (χ2n) is 6.38. The molecule has 0 bridgehead atoms. The third-order valence-corrected chi connectivity index (χ3v) is 4.67. The average molecular weight is 369 g/mol. The predicted molar refractivity (Wildman–Crippen MR) is 93.5 cm³/mol. The Morgan fingerprint density at radius 1 is 1.22 bits per heavy atom. The minimum absolute atomic E-state index is 0.248. The summed E-state index contributed by atoms with van der Waals surface area (Å²) in [5.41, 5.74) is -0.411. The van der Waals surface area contributed by atoms with Crippen molar-refractivity contribution in [2.24, 2.45) is 0 Å². The lowest BCUT2D eigenvalue weighted by atomic mass is 9.84. The summed E-state index contributed by atoms with van der Waals surface area (Å²) in [4.78, 5) is 38.6. The second-order valence-corrected chi connectivity index (χ2v) is 6.38. The monoisotopic (exact) mass is 369 g/mol. The lowest BCUT2D eigenvalue weighted by molar-refractivity contribution is -0.135. The van der Waals surface area contributed by atoms with Gasteiger partial charge in [0.1, 0.15) is 18.1 Å². The molecule has 27 heavy (non-hydrogen) atoms. The van der Waals surface area contributed by atoms with Gasteiger partial charge in [-0.25, -0.2) is 9.18 Å². The molecule has 1 atom stereocenters. The molecule has 8 heteroatoms. The van der Waals surface area contributed by atoms with Crippen molar-refractivity contribution < 1.29 is 23.5 Å². The van der Waals surface area contributed by atoms with Crippen LogP contribution in [0.25, 0.3) is 0 Å². The number of nitrogens with zero attached hydrogens (tertiary/aromatic N) is 1. The lowest BCUT2D eigenvalue weighted by Gasteiger charge is -2.33. The van der Waals surface area contributed by atoms with Crippen molar-refractivity contribution in [3.05, 3.63) is 59.9 Å². The Labute approximate surface area is 154 Å². The number of hydrogen-bond donors (Lipinski definition) is 2. The summed E-state index contributed by atoms with van der Waals surface area (Å²) < 4.78 is 18.8. The van der Waals surface area contributed by atoms with Gasteiger partial charge in [0, 0.05) is 17.7 Å². The molecule has 0 saturated carbocycles. The molecule has 0 aromatic heterocycles. The number of para-hydroxylation sites is 1. The van der Waals surface area contributed by atoms with Crippen LogP contribution in [-0.4, -0.2) is 35.9 Å². The highest BCUT2D eigenvalue weighted by Gasteiger charge is 2.55. The predicted octanol–water partition coefficient (Wildman–Crippen LogP) is 1.99. The SMILES string of the molecule is O=C(CN1C(=O)N[C@@]2(CCOc3ccccc32)C1=O)Nc1cccc(F)c1. The van der Waals surface area contributed by atoms with E-state index < -0.39 is 35.7 Å². The van der Waals surface area contributed by atoms with E-state index in [1.54, 1.807) is 24.3 Å². The van der Waals surface area contributed by atoms with Gasteiger partial charge in [-0.2, -0.15) is 0 Å². The van der Waals surface area contributed by atoms with Gasteiger partial charge in [-0.15, -0.1) is 0 Å². The Morgan fingerprint density at radius 2 is 2.04 bits per heavy atom. The number of rotatable bonds is 3. The number of ether oxygens (including phenoxy) is 1. The number of amides is 4. The third kappa shape index (κ3) is 2.88. The Kier molecular flexibility index (Phi) is 4.02. The number of anilines is 1. The number of halogens is 1. The van der Waals surface area contributed by atoms with E-state index in [9.17, 15) is 18.8 Å². The molecular formula is C19H16FN3O4. The molecule has 7 nitrogen and oxygen atoms in total. The maximum Gasteiger partial charge on any atom is 0.325 e. The summed E-state index contributed by atoms with van der Waals surface area (Å²) in [5, 5.41) is 5.20. The summed E-state index contributed by atoms with van der Waals surface area (Å²) in [5.74, 6) is -1.07. The van der Waals surface area contributed by atoms with E-state index in [1.807, 2.05) is 0 Å². The van der Waals surface area contributed by atoms with Gasteiger partial charge in [0.2, 0.25) is 5.91 Å². The number of fused-ring (bicyclic) bond motifs is 2. The number of nitrogens with one attached hydrogen (secondary N) is 2. The van der Waals surface area contributed by atoms with Crippen molar-refractivity contribution in [1.82, 2.24) is 10.2 Å². The Hall–Kier alpha value is -3.42. The van der Waals surface area contributed by atoms with Gasteiger partial charge in [-0.1, -0.05) is 24.3 Å². The first-order valence-electron chi connectivity index (χ1n) is 8.41. The average Bonchev–Trinajstić information content (AvgIpc) is 2.87. The van der Waals surface area contributed by atoms with E-state index in [0.717, 1.165) is 11.0 Å². The van der Waals surface area contributed by atoms with Gasteiger partial charge in [0.25, 0.3) is 5.91 Å². The van der Waals surface area contributed by atoms with Crippen molar-refractivity contribution in [3.63, 3.8) is 0 Å². The minimum atomic E-state index is -1.23. The molecule has 138 valence electrons. The van der Waals surface area contributed by atoms with E-state index in [0.29, 0.717) is 11.3 Å².